The van der Waals surface area contributed by atoms with E-state index in [1.165, 1.54) is 31.4 Å². The van der Waals surface area contributed by atoms with Crippen molar-refractivity contribution in [2.75, 3.05) is 7.11 Å². The van der Waals surface area contributed by atoms with Gasteiger partial charge in [0.25, 0.3) is 0 Å². The van der Waals surface area contributed by atoms with Gasteiger partial charge in [0.1, 0.15) is 23.3 Å². The van der Waals surface area contributed by atoms with Gasteiger partial charge in [-0.25, -0.2) is 4.79 Å². The van der Waals surface area contributed by atoms with E-state index in [2.05, 4.69) is 4.74 Å². The molecular weight excluding hydrogens is 260 g/mol. The number of ether oxygens (including phenoxy) is 1. The van der Waals surface area contributed by atoms with E-state index in [-0.39, 0.29) is 17.1 Å². The lowest BCUT2D eigenvalue weighted by atomic mass is 10.2. The zero-order valence-electron chi connectivity index (χ0n) is 10.8. The van der Waals surface area contributed by atoms with E-state index in [0.717, 1.165) is 6.29 Å². The van der Waals surface area contributed by atoms with Crippen molar-refractivity contribution in [3.63, 3.8) is 0 Å². The van der Waals surface area contributed by atoms with Crippen LogP contribution in [0.4, 0.5) is 0 Å². The number of carbonyl (C=O) groups is 2. The molecule has 2 aromatic rings. The summed E-state index contributed by atoms with van der Waals surface area (Å²) in [6, 6.07) is 12.3. The summed E-state index contributed by atoms with van der Waals surface area (Å²) in [5.74, 6) is -0.400. The zero-order valence-corrected chi connectivity index (χ0v) is 10.8. The fraction of sp³-hybridized carbons (Fsp3) is 0.0667. The Labute approximate surface area is 116 Å². The van der Waals surface area contributed by atoms with Gasteiger partial charge in [0.2, 0.25) is 0 Å². The number of esters is 1. The highest BCUT2D eigenvalue weighted by Crippen LogP contribution is 2.15. The fourth-order valence-electron chi connectivity index (χ4n) is 1.31. The molecule has 0 unspecified atom stereocenters. The second kappa shape index (κ2) is 7.58. The molecule has 0 amide bonds. The summed E-state index contributed by atoms with van der Waals surface area (Å²) in [5.41, 5.74) is 0.766. The molecule has 5 nitrogen and oxygen atoms in total. The Bertz CT molecular complexity index is 575. The van der Waals surface area contributed by atoms with Crippen molar-refractivity contribution in [2.24, 2.45) is 0 Å². The van der Waals surface area contributed by atoms with Gasteiger partial charge >= 0.3 is 5.97 Å². The molecule has 0 atom stereocenters. The average Bonchev–Trinajstić information content (AvgIpc) is 2.48. The number of benzene rings is 2. The highest BCUT2D eigenvalue weighted by atomic mass is 16.5. The van der Waals surface area contributed by atoms with Gasteiger partial charge in [0.05, 0.1) is 7.11 Å². The molecular formula is C15H14O5. The first-order chi connectivity index (χ1) is 9.58. The normalized spacial score (nSPS) is 9.05. The maximum atomic E-state index is 10.9. The van der Waals surface area contributed by atoms with Gasteiger partial charge < -0.3 is 14.9 Å². The Kier molecular flexibility index (Phi) is 5.77. The van der Waals surface area contributed by atoms with E-state index in [1.807, 2.05) is 0 Å². The number of methoxy groups -OCH3 is 1. The molecule has 104 valence electrons. The van der Waals surface area contributed by atoms with Crippen LogP contribution in [0.5, 0.6) is 11.5 Å². The third-order valence-corrected chi connectivity index (χ3v) is 2.34. The summed E-state index contributed by atoms with van der Waals surface area (Å²) >= 11 is 0. The smallest absolute Gasteiger partial charge is 0.341 e. The van der Waals surface area contributed by atoms with Crippen LogP contribution >= 0.6 is 0 Å². The number of carbonyl (C=O) groups excluding carboxylic acids is 2. The van der Waals surface area contributed by atoms with Crippen molar-refractivity contribution in [3.8, 4) is 11.5 Å². The third-order valence-electron chi connectivity index (χ3n) is 2.34. The van der Waals surface area contributed by atoms with E-state index in [4.69, 9.17) is 10.2 Å². The van der Waals surface area contributed by atoms with Crippen molar-refractivity contribution in [2.45, 2.75) is 0 Å². The van der Waals surface area contributed by atoms with Gasteiger partial charge in [0.15, 0.2) is 0 Å². The highest BCUT2D eigenvalue weighted by Gasteiger charge is 2.08. The van der Waals surface area contributed by atoms with Crippen LogP contribution in [0.3, 0.4) is 0 Å². The number of para-hydroxylation sites is 1. The van der Waals surface area contributed by atoms with E-state index in [0.29, 0.717) is 5.56 Å². The summed E-state index contributed by atoms with van der Waals surface area (Å²) in [6.07, 6.45) is 0.736. The summed E-state index contributed by atoms with van der Waals surface area (Å²) < 4.78 is 4.42. The summed E-state index contributed by atoms with van der Waals surface area (Å²) in [5, 5.41) is 17.8. The minimum Gasteiger partial charge on any atom is -0.508 e. The van der Waals surface area contributed by atoms with Crippen molar-refractivity contribution in [3.05, 3.63) is 59.7 Å². The predicted molar refractivity (Wildman–Crippen MR) is 72.9 cm³/mol. The SMILES string of the molecule is COC(=O)c1ccccc1O.O=Cc1ccc(O)cc1. The maximum Gasteiger partial charge on any atom is 0.341 e. The van der Waals surface area contributed by atoms with Crippen molar-refractivity contribution >= 4 is 12.3 Å². The van der Waals surface area contributed by atoms with Crippen LogP contribution in [0.25, 0.3) is 0 Å². The molecule has 0 aliphatic rings. The second-order valence-corrected chi connectivity index (χ2v) is 3.72. The molecule has 2 rings (SSSR count). The Hall–Kier alpha value is -2.82. The van der Waals surface area contributed by atoms with E-state index < -0.39 is 5.97 Å². The van der Waals surface area contributed by atoms with Crippen LogP contribution in [0.15, 0.2) is 48.5 Å². The predicted octanol–water partition coefficient (Wildman–Crippen LogP) is 2.38. The Morgan fingerprint density at radius 2 is 1.65 bits per heavy atom. The van der Waals surface area contributed by atoms with E-state index in [9.17, 15) is 9.59 Å². The van der Waals surface area contributed by atoms with Crippen LogP contribution in [0.2, 0.25) is 0 Å². The van der Waals surface area contributed by atoms with Gasteiger partial charge in [-0.15, -0.1) is 0 Å². The van der Waals surface area contributed by atoms with Crippen LogP contribution in [0, 0.1) is 0 Å². The minimum absolute atomic E-state index is 0.0562. The Morgan fingerprint density at radius 1 is 1.05 bits per heavy atom. The molecule has 0 heterocycles. The van der Waals surface area contributed by atoms with Gasteiger partial charge in [-0.3, -0.25) is 4.79 Å². The number of phenolic OH excluding ortho intramolecular Hbond substituents is 2. The van der Waals surface area contributed by atoms with Crippen molar-refractivity contribution in [1.29, 1.82) is 0 Å². The highest BCUT2D eigenvalue weighted by molar-refractivity contribution is 5.92. The molecule has 0 saturated carbocycles. The lowest BCUT2D eigenvalue weighted by Gasteiger charge is -1.99. The maximum absolute atomic E-state index is 10.9. The first-order valence-electron chi connectivity index (χ1n) is 5.69. The molecule has 2 aromatic carbocycles. The topological polar surface area (TPSA) is 83.8 Å². The Morgan fingerprint density at radius 3 is 2.15 bits per heavy atom. The van der Waals surface area contributed by atoms with Crippen molar-refractivity contribution < 1.29 is 24.5 Å². The second-order valence-electron chi connectivity index (χ2n) is 3.72. The number of hydrogen-bond donors (Lipinski definition) is 2. The largest absolute Gasteiger partial charge is 0.508 e. The number of phenols is 2. The molecule has 2 N–H and O–H groups in total. The molecule has 0 saturated heterocycles. The molecule has 5 heteroatoms. The molecule has 0 aliphatic carbocycles. The van der Waals surface area contributed by atoms with Crippen LogP contribution < -0.4 is 0 Å². The molecule has 20 heavy (non-hydrogen) atoms. The molecule has 0 aromatic heterocycles. The number of aldehydes is 1. The van der Waals surface area contributed by atoms with Gasteiger partial charge in [-0.05, 0) is 36.4 Å². The number of rotatable bonds is 2. The van der Waals surface area contributed by atoms with E-state index in [1.54, 1.807) is 24.3 Å². The summed E-state index contributed by atoms with van der Waals surface area (Å²) in [6.45, 7) is 0. The Balaban J connectivity index is 0.000000204. The number of aromatic hydroxyl groups is 2. The monoisotopic (exact) mass is 274 g/mol. The quantitative estimate of drug-likeness (QED) is 0.649. The molecule has 0 spiro atoms. The van der Waals surface area contributed by atoms with Crippen LogP contribution in [-0.4, -0.2) is 29.6 Å². The first kappa shape index (κ1) is 15.2. The average molecular weight is 274 g/mol. The first-order valence-corrected chi connectivity index (χ1v) is 5.69. The molecule has 0 bridgehead atoms. The fourth-order valence-corrected chi connectivity index (χ4v) is 1.31. The summed E-state index contributed by atoms with van der Waals surface area (Å²) in [4.78, 5) is 20.9. The van der Waals surface area contributed by atoms with Gasteiger partial charge in [-0.2, -0.15) is 0 Å². The van der Waals surface area contributed by atoms with Crippen LogP contribution in [-0.2, 0) is 4.74 Å². The summed E-state index contributed by atoms with van der Waals surface area (Å²) in [7, 11) is 1.27. The van der Waals surface area contributed by atoms with Gasteiger partial charge in [0, 0.05) is 5.56 Å². The zero-order chi connectivity index (χ0) is 15.0. The molecule has 0 aliphatic heterocycles. The lowest BCUT2D eigenvalue weighted by molar-refractivity contribution is 0.0597. The van der Waals surface area contributed by atoms with E-state index >= 15 is 0 Å². The third kappa shape index (κ3) is 4.45. The number of hydrogen-bond acceptors (Lipinski definition) is 5. The van der Waals surface area contributed by atoms with Crippen LogP contribution in [0.1, 0.15) is 20.7 Å². The minimum atomic E-state index is -0.525. The van der Waals surface area contributed by atoms with Crippen molar-refractivity contribution in [1.82, 2.24) is 0 Å². The standard InChI is InChI=1S/C8H8O3.C7H6O2/c1-11-8(10)6-4-2-3-5-7(6)9;8-5-6-1-3-7(9)4-2-6/h2-5,9H,1H3;1-5,9H. The lowest BCUT2D eigenvalue weighted by Crippen LogP contribution is -2.00. The molecule has 0 fully saturated rings. The van der Waals surface area contributed by atoms with Gasteiger partial charge in [-0.1, -0.05) is 12.1 Å². The molecule has 0 radical (unpaired) electrons.